The molecular formula is C18H20ClFN4O3. The molecule has 0 bridgehead atoms. The van der Waals surface area contributed by atoms with Gasteiger partial charge in [-0.2, -0.15) is 0 Å². The van der Waals surface area contributed by atoms with Gasteiger partial charge in [0.25, 0.3) is 0 Å². The minimum atomic E-state index is -0.695. The molecular weight excluding hydrogens is 375 g/mol. The first kappa shape index (κ1) is 19.3. The molecule has 1 aliphatic heterocycles. The standard InChI is InChI=1S/C18H20ClFN4O3/c1-23(10-12-5-6-22-27-12)17(25)9-16-18(26)21-7-8-24(16)11-13-14(19)3-2-4-15(13)20/h2-6,16H,7-11H2,1H3,(H,21,26). The maximum Gasteiger partial charge on any atom is 0.237 e. The van der Waals surface area contributed by atoms with Crippen LogP contribution in [0.1, 0.15) is 17.7 Å². The lowest BCUT2D eigenvalue weighted by Crippen LogP contribution is -2.56. The van der Waals surface area contributed by atoms with Crippen LogP contribution in [0.5, 0.6) is 0 Å². The first-order valence-electron chi connectivity index (χ1n) is 8.54. The zero-order chi connectivity index (χ0) is 19.4. The van der Waals surface area contributed by atoms with Crippen LogP contribution < -0.4 is 5.32 Å². The molecule has 0 aliphatic carbocycles. The molecule has 3 rings (SSSR count). The van der Waals surface area contributed by atoms with Crippen LogP contribution in [0.3, 0.4) is 0 Å². The molecule has 144 valence electrons. The van der Waals surface area contributed by atoms with Crippen molar-refractivity contribution in [1.29, 1.82) is 0 Å². The van der Waals surface area contributed by atoms with Gasteiger partial charge in [0, 0.05) is 43.3 Å². The molecule has 0 radical (unpaired) electrons. The molecule has 1 atom stereocenters. The van der Waals surface area contributed by atoms with Gasteiger partial charge in [-0.25, -0.2) is 4.39 Å². The number of nitrogens with zero attached hydrogens (tertiary/aromatic N) is 3. The maximum absolute atomic E-state index is 14.1. The van der Waals surface area contributed by atoms with E-state index in [2.05, 4.69) is 10.5 Å². The van der Waals surface area contributed by atoms with Gasteiger partial charge in [0.2, 0.25) is 11.8 Å². The fourth-order valence-corrected chi connectivity index (χ4v) is 3.25. The number of nitrogens with one attached hydrogen (secondary N) is 1. The molecule has 9 heteroatoms. The van der Waals surface area contributed by atoms with Crippen LogP contribution in [0.25, 0.3) is 0 Å². The van der Waals surface area contributed by atoms with E-state index in [1.54, 1.807) is 24.1 Å². The normalized spacial score (nSPS) is 17.6. The van der Waals surface area contributed by atoms with Crippen LogP contribution in [0.2, 0.25) is 5.02 Å². The van der Waals surface area contributed by atoms with E-state index in [0.717, 1.165) is 0 Å². The molecule has 2 aromatic rings. The van der Waals surface area contributed by atoms with Gasteiger partial charge < -0.3 is 14.7 Å². The molecule has 1 fully saturated rings. The van der Waals surface area contributed by atoms with Crippen LogP contribution in [-0.4, -0.2) is 52.9 Å². The highest BCUT2D eigenvalue weighted by Crippen LogP contribution is 2.23. The Kier molecular flexibility index (Phi) is 6.08. The van der Waals surface area contributed by atoms with Crippen LogP contribution in [0, 0.1) is 5.82 Å². The molecule has 7 nitrogen and oxygen atoms in total. The maximum atomic E-state index is 14.1. The van der Waals surface area contributed by atoms with Crippen LogP contribution in [0.4, 0.5) is 4.39 Å². The van der Waals surface area contributed by atoms with Gasteiger partial charge in [0.05, 0.1) is 25.2 Å². The van der Waals surface area contributed by atoms with Crippen molar-refractivity contribution < 1.29 is 18.5 Å². The third-order valence-corrected chi connectivity index (χ3v) is 4.90. The summed E-state index contributed by atoms with van der Waals surface area (Å²) in [6, 6.07) is 5.44. The first-order chi connectivity index (χ1) is 13.0. The third kappa shape index (κ3) is 4.64. The molecule has 2 heterocycles. The van der Waals surface area contributed by atoms with E-state index in [-0.39, 0.29) is 31.3 Å². The highest BCUT2D eigenvalue weighted by molar-refractivity contribution is 6.31. The van der Waals surface area contributed by atoms with E-state index in [1.165, 1.54) is 23.2 Å². The lowest BCUT2D eigenvalue weighted by Gasteiger charge is -2.35. The molecule has 1 aromatic carbocycles. The van der Waals surface area contributed by atoms with Crippen LogP contribution >= 0.6 is 11.6 Å². The van der Waals surface area contributed by atoms with Crippen molar-refractivity contribution in [3.63, 3.8) is 0 Å². The second-order valence-corrected chi connectivity index (χ2v) is 6.82. The quantitative estimate of drug-likeness (QED) is 0.808. The second kappa shape index (κ2) is 8.49. The Bertz CT molecular complexity index is 795. The Morgan fingerprint density at radius 3 is 3.00 bits per heavy atom. The average molecular weight is 395 g/mol. The van der Waals surface area contributed by atoms with Gasteiger partial charge in [0.1, 0.15) is 5.82 Å². The van der Waals surface area contributed by atoms with E-state index in [9.17, 15) is 14.0 Å². The zero-order valence-corrected chi connectivity index (χ0v) is 15.6. The van der Waals surface area contributed by atoms with E-state index in [0.29, 0.717) is 29.4 Å². The molecule has 0 saturated carbocycles. The van der Waals surface area contributed by atoms with E-state index in [1.807, 2.05) is 0 Å². The Labute approximate surface area is 161 Å². The number of hydrogen-bond acceptors (Lipinski definition) is 5. The summed E-state index contributed by atoms with van der Waals surface area (Å²) in [5.41, 5.74) is 0.321. The summed E-state index contributed by atoms with van der Waals surface area (Å²) in [4.78, 5) is 28.2. The highest BCUT2D eigenvalue weighted by Gasteiger charge is 2.33. The largest absolute Gasteiger partial charge is 0.360 e. The molecule has 0 spiro atoms. The number of amides is 2. The molecule has 1 aromatic heterocycles. The molecule has 2 amide bonds. The lowest BCUT2D eigenvalue weighted by molar-refractivity contribution is -0.138. The van der Waals surface area contributed by atoms with E-state index in [4.69, 9.17) is 16.1 Å². The molecule has 1 N–H and O–H groups in total. The third-order valence-electron chi connectivity index (χ3n) is 4.54. The number of carbonyl (C=O) groups excluding carboxylic acids is 2. The van der Waals surface area contributed by atoms with Crippen molar-refractivity contribution in [2.45, 2.75) is 25.6 Å². The average Bonchev–Trinajstić information content (AvgIpc) is 3.13. The second-order valence-electron chi connectivity index (χ2n) is 6.41. The number of rotatable bonds is 6. The molecule has 27 heavy (non-hydrogen) atoms. The predicted octanol–water partition coefficient (Wildman–Crippen LogP) is 1.82. The van der Waals surface area contributed by atoms with Gasteiger partial charge in [-0.1, -0.05) is 22.8 Å². The van der Waals surface area contributed by atoms with Gasteiger partial charge >= 0.3 is 0 Å². The minimum Gasteiger partial charge on any atom is -0.360 e. The van der Waals surface area contributed by atoms with Crippen molar-refractivity contribution in [2.75, 3.05) is 20.1 Å². The van der Waals surface area contributed by atoms with Crippen molar-refractivity contribution in [3.8, 4) is 0 Å². The summed E-state index contributed by atoms with van der Waals surface area (Å²) >= 11 is 6.11. The first-order valence-corrected chi connectivity index (χ1v) is 8.91. The van der Waals surface area contributed by atoms with Crippen molar-refractivity contribution in [3.05, 3.63) is 52.6 Å². The van der Waals surface area contributed by atoms with Crippen molar-refractivity contribution >= 4 is 23.4 Å². The number of benzene rings is 1. The smallest absolute Gasteiger partial charge is 0.237 e. The SMILES string of the molecule is CN(Cc1ccno1)C(=O)CC1C(=O)NCCN1Cc1c(F)cccc1Cl. The van der Waals surface area contributed by atoms with Crippen molar-refractivity contribution in [1.82, 2.24) is 20.3 Å². The number of halogens is 2. The monoisotopic (exact) mass is 394 g/mol. The minimum absolute atomic E-state index is 0.0253. The Morgan fingerprint density at radius 2 is 2.30 bits per heavy atom. The summed E-state index contributed by atoms with van der Waals surface area (Å²) in [5.74, 6) is -0.358. The topological polar surface area (TPSA) is 78.7 Å². The lowest BCUT2D eigenvalue weighted by atomic mass is 10.1. The summed E-state index contributed by atoms with van der Waals surface area (Å²) in [6.07, 6.45) is 1.48. The Morgan fingerprint density at radius 1 is 1.48 bits per heavy atom. The molecule has 1 unspecified atom stereocenters. The number of hydrogen-bond donors (Lipinski definition) is 1. The fraction of sp³-hybridized carbons (Fsp3) is 0.389. The number of aromatic nitrogens is 1. The highest BCUT2D eigenvalue weighted by atomic mass is 35.5. The van der Waals surface area contributed by atoms with Gasteiger partial charge in [0.15, 0.2) is 5.76 Å². The van der Waals surface area contributed by atoms with Gasteiger partial charge in [-0.15, -0.1) is 0 Å². The van der Waals surface area contributed by atoms with E-state index < -0.39 is 11.9 Å². The Balaban J connectivity index is 1.70. The van der Waals surface area contributed by atoms with Crippen LogP contribution in [0.15, 0.2) is 35.0 Å². The van der Waals surface area contributed by atoms with Crippen LogP contribution in [-0.2, 0) is 22.7 Å². The van der Waals surface area contributed by atoms with Crippen molar-refractivity contribution in [2.24, 2.45) is 0 Å². The van der Waals surface area contributed by atoms with E-state index >= 15 is 0 Å². The summed E-state index contributed by atoms with van der Waals surface area (Å²) < 4.78 is 19.1. The summed E-state index contributed by atoms with van der Waals surface area (Å²) in [5, 5.41) is 6.66. The number of carbonyl (C=O) groups is 2. The van der Waals surface area contributed by atoms with Gasteiger partial charge in [-0.3, -0.25) is 14.5 Å². The summed E-state index contributed by atoms with van der Waals surface area (Å²) in [6.45, 7) is 1.35. The summed E-state index contributed by atoms with van der Waals surface area (Å²) in [7, 11) is 1.63. The zero-order valence-electron chi connectivity index (χ0n) is 14.8. The molecule has 1 saturated heterocycles. The fourth-order valence-electron chi connectivity index (χ4n) is 3.03. The molecule has 1 aliphatic rings. The Hall–Kier alpha value is -2.45. The number of piperazine rings is 1. The predicted molar refractivity (Wildman–Crippen MR) is 96.2 cm³/mol. The van der Waals surface area contributed by atoms with Gasteiger partial charge in [-0.05, 0) is 12.1 Å².